The van der Waals surface area contributed by atoms with Crippen LogP contribution >= 0.6 is 15.9 Å². The number of nitrogens with one attached hydrogen (secondary N) is 1. The number of halogens is 1. The Morgan fingerprint density at radius 3 is 2.48 bits per heavy atom. The molecule has 1 heterocycles. The monoisotopic (exact) mass is 377 g/mol. The van der Waals surface area contributed by atoms with E-state index < -0.39 is 11.9 Å². The second-order valence-electron chi connectivity index (χ2n) is 5.00. The third-order valence-corrected chi connectivity index (χ3v) is 3.27. The summed E-state index contributed by atoms with van der Waals surface area (Å²) in [6.45, 7) is 3.48. The first kappa shape index (κ1) is 17.0. The largest absolute Gasteiger partial charge is 0.459 e. The minimum absolute atomic E-state index is 0.0439. The van der Waals surface area contributed by atoms with E-state index in [1.807, 2.05) is 24.3 Å². The molecule has 1 amide bonds. The predicted molar refractivity (Wildman–Crippen MR) is 89.5 cm³/mol. The number of ether oxygens (including phenoxy) is 1. The molecule has 0 spiro atoms. The van der Waals surface area contributed by atoms with Gasteiger partial charge in [-0.3, -0.25) is 4.79 Å². The zero-order valence-corrected chi connectivity index (χ0v) is 14.3. The number of esters is 1. The number of carbonyl (C=O) groups is 2. The van der Waals surface area contributed by atoms with Crippen LogP contribution in [0.5, 0.6) is 0 Å². The SMILES string of the molecule is CC(C)OC(=O)/C(=C/c1ccc(Br)cc1)NC(=O)c1ccco1. The third-order valence-electron chi connectivity index (χ3n) is 2.74. The second kappa shape index (κ2) is 7.78. The van der Waals surface area contributed by atoms with Gasteiger partial charge in [0.1, 0.15) is 5.70 Å². The number of carbonyl (C=O) groups excluding carboxylic acids is 2. The van der Waals surface area contributed by atoms with Crippen LogP contribution in [0.1, 0.15) is 30.0 Å². The van der Waals surface area contributed by atoms with Gasteiger partial charge in [0, 0.05) is 4.47 Å². The smallest absolute Gasteiger partial charge is 0.355 e. The van der Waals surface area contributed by atoms with Crippen LogP contribution in [-0.2, 0) is 9.53 Å². The third kappa shape index (κ3) is 5.10. The fourth-order valence-electron chi connectivity index (χ4n) is 1.74. The van der Waals surface area contributed by atoms with E-state index in [-0.39, 0.29) is 17.6 Å². The van der Waals surface area contributed by atoms with Gasteiger partial charge in [-0.1, -0.05) is 28.1 Å². The van der Waals surface area contributed by atoms with Gasteiger partial charge in [0.2, 0.25) is 0 Å². The number of furan rings is 1. The summed E-state index contributed by atoms with van der Waals surface area (Å²) in [7, 11) is 0. The Labute approximate surface area is 142 Å². The van der Waals surface area contributed by atoms with Gasteiger partial charge in [0.15, 0.2) is 5.76 Å². The zero-order valence-electron chi connectivity index (χ0n) is 12.7. The molecule has 23 heavy (non-hydrogen) atoms. The summed E-state index contributed by atoms with van der Waals surface area (Å²) in [5, 5.41) is 2.53. The lowest BCUT2D eigenvalue weighted by Gasteiger charge is -2.11. The second-order valence-corrected chi connectivity index (χ2v) is 5.91. The number of benzene rings is 1. The van der Waals surface area contributed by atoms with Gasteiger partial charge in [-0.05, 0) is 49.8 Å². The van der Waals surface area contributed by atoms with Gasteiger partial charge in [-0.2, -0.15) is 0 Å². The van der Waals surface area contributed by atoms with Gasteiger partial charge < -0.3 is 14.5 Å². The Balaban J connectivity index is 2.25. The number of rotatable bonds is 5. The molecule has 0 bridgehead atoms. The van der Waals surface area contributed by atoms with Crippen molar-refractivity contribution in [2.45, 2.75) is 20.0 Å². The molecule has 1 aromatic heterocycles. The quantitative estimate of drug-likeness (QED) is 0.635. The van der Waals surface area contributed by atoms with Crippen LogP contribution in [0.15, 0.2) is 57.2 Å². The van der Waals surface area contributed by atoms with Crippen molar-refractivity contribution < 1.29 is 18.7 Å². The molecule has 0 atom stereocenters. The van der Waals surface area contributed by atoms with Gasteiger partial charge >= 0.3 is 5.97 Å². The molecule has 6 heteroatoms. The molecule has 5 nitrogen and oxygen atoms in total. The molecule has 0 unspecified atom stereocenters. The molecule has 2 rings (SSSR count). The van der Waals surface area contributed by atoms with E-state index in [1.165, 1.54) is 12.3 Å². The summed E-state index contributed by atoms with van der Waals surface area (Å²) in [6.07, 6.45) is 2.65. The summed E-state index contributed by atoms with van der Waals surface area (Å²) < 4.78 is 11.1. The molecule has 120 valence electrons. The highest BCUT2D eigenvalue weighted by atomic mass is 79.9. The zero-order chi connectivity index (χ0) is 16.8. The lowest BCUT2D eigenvalue weighted by molar-refractivity contribution is -0.142. The average Bonchev–Trinajstić information content (AvgIpc) is 3.02. The molecule has 0 saturated carbocycles. The lowest BCUT2D eigenvalue weighted by atomic mass is 10.2. The van der Waals surface area contributed by atoms with E-state index in [4.69, 9.17) is 9.15 Å². The first-order valence-corrected chi connectivity index (χ1v) is 7.78. The van der Waals surface area contributed by atoms with E-state index >= 15 is 0 Å². The van der Waals surface area contributed by atoms with Crippen molar-refractivity contribution in [2.24, 2.45) is 0 Å². The number of hydrogen-bond donors (Lipinski definition) is 1. The normalized spacial score (nSPS) is 11.4. The molecule has 0 fully saturated rings. The van der Waals surface area contributed by atoms with Crippen LogP contribution in [0.3, 0.4) is 0 Å². The van der Waals surface area contributed by atoms with Gasteiger partial charge in [-0.15, -0.1) is 0 Å². The Morgan fingerprint density at radius 2 is 1.91 bits per heavy atom. The maximum atomic E-state index is 12.2. The summed E-state index contributed by atoms with van der Waals surface area (Å²) in [6, 6.07) is 10.4. The average molecular weight is 378 g/mol. The Hall–Kier alpha value is -2.34. The summed E-state index contributed by atoms with van der Waals surface area (Å²) in [5.41, 5.74) is 0.797. The van der Waals surface area contributed by atoms with Gasteiger partial charge in [-0.25, -0.2) is 4.79 Å². The lowest BCUT2D eigenvalue weighted by Crippen LogP contribution is -2.29. The van der Waals surface area contributed by atoms with Crippen molar-refractivity contribution in [1.82, 2.24) is 5.32 Å². The minimum atomic E-state index is -0.608. The Bertz CT molecular complexity index is 703. The fraction of sp³-hybridized carbons (Fsp3) is 0.176. The van der Waals surface area contributed by atoms with Crippen LogP contribution in [-0.4, -0.2) is 18.0 Å². The highest BCUT2D eigenvalue weighted by molar-refractivity contribution is 9.10. The van der Waals surface area contributed by atoms with Gasteiger partial charge in [0.25, 0.3) is 5.91 Å². The maximum absolute atomic E-state index is 12.2. The molecular weight excluding hydrogens is 362 g/mol. The van der Waals surface area contributed by atoms with Crippen LogP contribution in [0.25, 0.3) is 6.08 Å². The standard InChI is InChI=1S/C17H16BrNO4/c1-11(2)23-17(21)14(10-12-5-7-13(18)8-6-12)19-16(20)15-4-3-9-22-15/h3-11H,1-2H3,(H,19,20)/b14-10-. The Morgan fingerprint density at radius 1 is 1.22 bits per heavy atom. The summed E-state index contributed by atoms with van der Waals surface area (Å²) in [4.78, 5) is 24.3. The highest BCUT2D eigenvalue weighted by Gasteiger charge is 2.18. The molecule has 1 N–H and O–H groups in total. The minimum Gasteiger partial charge on any atom is -0.459 e. The first-order chi connectivity index (χ1) is 11.0. The Kier molecular flexibility index (Phi) is 5.76. The predicted octanol–water partition coefficient (Wildman–Crippen LogP) is 3.76. The van der Waals surface area contributed by atoms with Crippen molar-refractivity contribution in [3.05, 3.63) is 64.2 Å². The van der Waals surface area contributed by atoms with Crippen LogP contribution < -0.4 is 5.32 Å². The van der Waals surface area contributed by atoms with Gasteiger partial charge in [0.05, 0.1) is 12.4 Å². The van der Waals surface area contributed by atoms with Crippen LogP contribution in [0.4, 0.5) is 0 Å². The molecule has 0 saturated heterocycles. The van der Waals surface area contributed by atoms with Crippen molar-refractivity contribution in [3.63, 3.8) is 0 Å². The summed E-state index contributed by atoms with van der Waals surface area (Å²) >= 11 is 3.35. The molecular formula is C17H16BrNO4. The molecule has 1 aromatic carbocycles. The highest BCUT2D eigenvalue weighted by Crippen LogP contribution is 2.14. The number of hydrogen-bond acceptors (Lipinski definition) is 4. The van der Waals surface area contributed by atoms with Crippen LogP contribution in [0, 0.1) is 0 Å². The molecule has 0 aliphatic heterocycles. The first-order valence-electron chi connectivity index (χ1n) is 6.99. The van der Waals surface area contributed by atoms with E-state index in [1.54, 1.807) is 26.0 Å². The van der Waals surface area contributed by atoms with E-state index in [9.17, 15) is 9.59 Å². The fourth-order valence-corrected chi connectivity index (χ4v) is 2.01. The van der Waals surface area contributed by atoms with Crippen molar-refractivity contribution in [2.75, 3.05) is 0 Å². The van der Waals surface area contributed by atoms with Crippen molar-refractivity contribution in [3.8, 4) is 0 Å². The molecule has 2 aromatic rings. The number of amides is 1. The molecule has 0 radical (unpaired) electrons. The molecule has 0 aliphatic carbocycles. The van der Waals surface area contributed by atoms with Crippen LogP contribution in [0.2, 0.25) is 0 Å². The maximum Gasteiger partial charge on any atom is 0.355 e. The van der Waals surface area contributed by atoms with E-state index in [0.29, 0.717) is 0 Å². The topological polar surface area (TPSA) is 68.5 Å². The molecule has 0 aliphatic rings. The summed E-state index contributed by atoms with van der Waals surface area (Å²) in [5.74, 6) is -1.01. The van der Waals surface area contributed by atoms with E-state index in [0.717, 1.165) is 10.0 Å². The van der Waals surface area contributed by atoms with E-state index in [2.05, 4.69) is 21.2 Å². The van der Waals surface area contributed by atoms with Crippen molar-refractivity contribution in [1.29, 1.82) is 0 Å². The van der Waals surface area contributed by atoms with Crippen molar-refractivity contribution >= 4 is 33.9 Å².